The van der Waals surface area contributed by atoms with E-state index >= 15 is 0 Å². The molecule has 0 N–H and O–H groups in total. The highest BCUT2D eigenvalue weighted by Crippen LogP contribution is 2.55. The van der Waals surface area contributed by atoms with Gasteiger partial charge in [0.2, 0.25) is 0 Å². The van der Waals surface area contributed by atoms with Gasteiger partial charge in [-0.1, -0.05) is 408 Å². The zero-order chi connectivity index (χ0) is 74.8. The Morgan fingerprint density at radius 2 is 0.372 bits per heavy atom. The van der Waals surface area contributed by atoms with Crippen LogP contribution < -0.4 is 0 Å². The van der Waals surface area contributed by atoms with E-state index in [1.54, 1.807) is 0 Å². The minimum absolute atomic E-state index is 0.0879. The van der Waals surface area contributed by atoms with Gasteiger partial charge >= 0.3 is 0 Å². The highest BCUT2D eigenvalue weighted by Gasteiger charge is 2.36. The van der Waals surface area contributed by atoms with Crippen LogP contribution in [0.2, 0.25) is 0 Å². The van der Waals surface area contributed by atoms with E-state index in [4.69, 9.17) is 0 Å². The van der Waals surface area contributed by atoms with Crippen LogP contribution in [0.3, 0.4) is 0 Å². The lowest BCUT2D eigenvalue weighted by Gasteiger charge is -2.23. The van der Waals surface area contributed by atoms with Crippen molar-refractivity contribution in [2.75, 3.05) is 0 Å². The highest BCUT2D eigenvalue weighted by atomic mass is 14.4. The first-order valence-electron chi connectivity index (χ1n) is 39.5. The standard InChI is InChI=1S/C63H42.C50H32/c1-63(2)57-32-14-13-23-45(57)46-35-33-42(38-58(46)63)60-51-26-9-7-24-49(51)59(50-25-8-10-27-52(50)60)41-34-36-55-56(37-41)62(48-31-16-20-40-18-4-6-22-44(40)48)54-29-12-11-28-53(54)61(55)47-30-15-19-39-17-3-5-21-43(39)47;1-4-18-39-34(12-1)15-9-23-40(39)37-28-26-33(27-29-37)38-30-31-47-48(32-38)50(44-25-11-17-36-14-3-6-20-42(36)44)46-22-8-7-21-45(46)49(47)43-24-10-16-35-13-2-5-19-41(35)43/h3-38H,1-2H3;1-32H. The van der Waals surface area contributed by atoms with Gasteiger partial charge in [0.15, 0.2) is 0 Å². The largest absolute Gasteiger partial charge is 0.0619 e. The molecule has 113 heavy (non-hydrogen) atoms. The van der Waals surface area contributed by atoms with Crippen LogP contribution >= 0.6 is 0 Å². The lowest BCUT2D eigenvalue weighted by Crippen LogP contribution is -2.14. The van der Waals surface area contributed by atoms with Gasteiger partial charge in [-0.3, -0.25) is 0 Å². The lowest BCUT2D eigenvalue weighted by atomic mass is 9.80. The van der Waals surface area contributed by atoms with E-state index in [1.165, 1.54) is 230 Å². The molecule has 1 aliphatic rings. The van der Waals surface area contributed by atoms with E-state index in [0.717, 1.165) is 0 Å². The molecule has 23 rings (SSSR count). The van der Waals surface area contributed by atoms with Crippen LogP contribution in [0.5, 0.6) is 0 Å². The topological polar surface area (TPSA) is 0 Å². The first-order chi connectivity index (χ1) is 55.9. The molecule has 0 radical (unpaired) electrons. The smallest absolute Gasteiger partial charge is 0.0159 e. The quantitative estimate of drug-likeness (QED) is 0.133. The Bertz CT molecular complexity index is 7610. The molecule has 0 heterocycles. The molecule has 0 amide bonds. The molecular weight excluding hydrogens is 1360 g/mol. The van der Waals surface area contributed by atoms with E-state index in [-0.39, 0.29) is 5.41 Å². The first-order valence-corrected chi connectivity index (χ1v) is 39.5. The van der Waals surface area contributed by atoms with Gasteiger partial charge in [-0.25, -0.2) is 0 Å². The second kappa shape index (κ2) is 26.5. The zero-order valence-electron chi connectivity index (χ0n) is 62.8. The van der Waals surface area contributed by atoms with Gasteiger partial charge in [0.25, 0.3) is 0 Å². The SMILES string of the molecule is CC1(C)c2ccccc2-c2ccc(-c3c4ccccc4c(-c4ccc5c(-c6cccc7ccccc67)c6ccccc6c(-c6cccc7ccccc67)c5c4)c4ccccc34)cc21.c1ccc2c(-c3ccc(-c4ccc5c(-c6cccc7ccccc67)c6ccccc6c(-c6cccc7ccccc67)c5c4)cc3)cccc2c1. The molecule has 0 saturated carbocycles. The third-order valence-electron chi connectivity index (χ3n) is 24.7. The van der Waals surface area contributed by atoms with E-state index in [9.17, 15) is 0 Å². The monoisotopic (exact) mass is 1430 g/mol. The molecule has 0 fully saturated rings. The Morgan fingerprint density at radius 3 is 0.770 bits per heavy atom. The summed E-state index contributed by atoms with van der Waals surface area (Å²) in [6.07, 6.45) is 0. The predicted molar refractivity (Wildman–Crippen MR) is 487 cm³/mol. The van der Waals surface area contributed by atoms with Crippen molar-refractivity contribution in [3.63, 3.8) is 0 Å². The van der Waals surface area contributed by atoms with Crippen LogP contribution in [0.4, 0.5) is 0 Å². The van der Waals surface area contributed by atoms with E-state index in [2.05, 4.69) is 426 Å². The van der Waals surface area contributed by atoms with Gasteiger partial charge in [0.1, 0.15) is 0 Å². The average Bonchev–Trinajstić information content (AvgIpc) is 1.28. The fourth-order valence-corrected chi connectivity index (χ4v) is 19.6. The van der Waals surface area contributed by atoms with Gasteiger partial charge in [-0.05, 0) is 248 Å². The van der Waals surface area contributed by atoms with Crippen LogP contribution in [0.1, 0.15) is 25.0 Å². The summed E-state index contributed by atoms with van der Waals surface area (Å²) in [5.41, 5.74) is 25.5. The second-order valence-corrected chi connectivity index (χ2v) is 31.1. The summed E-state index contributed by atoms with van der Waals surface area (Å²) >= 11 is 0. The summed E-state index contributed by atoms with van der Waals surface area (Å²) in [7, 11) is 0. The van der Waals surface area contributed by atoms with Crippen molar-refractivity contribution in [3.8, 4) is 100 Å². The second-order valence-electron chi connectivity index (χ2n) is 31.1. The number of benzene rings is 22. The predicted octanol–water partition coefficient (Wildman–Crippen LogP) is 31.7. The Kier molecular flexibility index (Phi) is 15.4. The summed E-state index contributed by atoms with van der Waals surface area (Å²) in [4.78, 5) is 0. The van der Waals surface area contributed by atoms with Crippen LogP contribution in [0, 0.1) is 0 Å². The van der Waals surface area contributed by atoms with Crippen molar-refractivity contribution in [3.05, 3.63) is 424 Å². The number of rotatable bonds is 8. The van der Waals surface area contributed by atoms with E-state index < -0.39 is 0 Å². The van der Waals surface area contributed by atoms with Gasteiger partial charge in [-0.2, -0.15) is 0 Å². The van der Waals surface area contributed by atoms with Crippen molar-refractivity contribution in [2.45, 2.75) is 19.3 Å². The maximum atomic E-state index is 2.51. The number of hydrogen-bond donors (Lipinski definition) is 0. The zero-order valence-corrected chi connectivity index (χ0v) is 62.8. The molecule has 0 unspecified atom stereocenters. The maximum absolute atomic E-state index is 2.51. The highest BCUT2D eigenvalue weighted by molar-refractivity contribution is 6.29. The fourth-order valence-electron chi connectivity index (χ4n) is 19.6. The first kappa shape index (κ1) is 65.8. The Hall–Kier alpha value is -14.3. The summed E-state index contributed by atoms with van der Waals surface area (Å²) in [5, 5.41) is 27.7. The summed E-state index contributed by atoms with van der Waals surface area (Å²) in [6.45, 7) is 4.75. The molecule has 0 spiro atoms. The minimum atomic E-state index is -0.0879. The molecule has 0 nitrogen and oxygen atoms in total. The minimum Gasteiger partial charge on any atom is -0.0619 e. The fraction of sp³-hybridized carbons (Fsp3) is 0.0265. The van der Waals surface area contributed by atoms with Crippen molar-refractivity contribution >= 4 is 118 Å². The molecule has 22 aromatic carbocycles. The average molecular weight is 1430 g/mol. The summed E-state index contributed by atoms with van der Waals surface area (Å²) in [6, 6.07) is 153. The number of fused-ring (bicyclic) bond motifs is 14. The summed E-state index contributed by atoms with van der Waals surface area (Å²) in [5.74, 6) is 0. The van der Waals surface area contributed by atoms with Crippen molar-refractivity contribution in [1.29, 1.82) is 0 Å². The molecule has 22 aromatic rings. The van der Waals surface area contributed by atoms with Gasteiger partial charge in [0, 0.05) is 5.41 Å². The lowest BCUT2D eigenvalue weighted by molar-refractivity contribution is 0.660. The molecule has 0 saturated heterocycles. The maximum Gasteiger partial charge on any atom is 0.0159 e. The molecule has 1 aliphatic carbocycles. The van der Waals surface area contributed by atoms with Crippen LogP contribution in [0.25, 0.3) is 219 Å². The molecule has 0 aromatic heterocycles. The Morgan fingerprint density at radius 1 is 0.133 bits per heavy atom. The molecule has 0 heteroatoms. The Balaban J connectivity index is 0.000000142. The van der Waals surface area contributed by atoms with E-state index in [1.807, 2.05) is 0 Å². The molecule has 0 bridgehead atoms. The van der Waals surface area contributed by atoms with Crippen molar-refractivity contribution < 1.29 is 0 Å². The van der Waals surface area contributed by atoms with Gasteiger partial charge in [0.05, 0.1) is 0 Å². The third-order valence-corrected chi connectivity index (χ3v) is 24.7. The normalized spacial score (nSPS) is 12.4. The molecular formula is C113H74. The van der Waals surface area contributed by atoms with Crippen LogP contribution in [-0.4, -0.2) is 0 Å². The van der Waals surface area contributed by atoms with Crippen molar-refractivity contribution in [2.24, 2.45) is 0 Å². The van der Waals surface area contributed by atoms with Crippen LogP contribution in [-0.2, 0) is 5.41 Å². The molecule has 526 valence electrons. The number of hydrogen-bond acceptors (Lipinski definition) is 0. The molecule has 0 atom stereocenters. The summed E-state index contributed by atoms with van der Waals surface area (Å²) < 4.78 is 0. The van der Waals surface area contributed by atoms with Gasteiger partial charge < -0.3 is 0 Å². The van der Waals surface area contributed by atoms with Gasteiger partial charge in [-0.15, -0.1) is 0 Å². The van der Waals surface area contributed by atoms with Crippen molar-refractivity contribution in [1.82, 2.24) is 0 Å². The van der Waals surface area contributed by atoms with Crippen LogP contribution in [0.15, 0.2) is 413 Å². The Labute approximate surface area is 657 Å². The third kappa shape index (κ3) is 10.6. The van der Waals surface area contributed by atoms with E-state index in [0.29, 0.717) is 0 Å². The molecule has 0 aliphatic heterocycles.